The number of hydrogen-bond acceptors (Lipinski definition) is 5. The highest BCUT2D eigenvalue weighted by atomic mass is 19.1. The van der Waals surface area contributed by atoms with Gasteiger partial charge in [0.15, 0.2) is 11.6 Å². The topological polar surface area (TPSA) is 120 Å². The molecule has 0 bridgehead atoms. The van der Waals surface area contributed by atoms with Gasteiger partial charge in [0.2, 0.25) is 0 Å². The number of halogens is 1. The van der Waals surface area contributed by atoms with Crippen molar-refractivity contribution in [3.05, 3.63) is 17.4 Å². The van der Waals surface area contributed by atoms with Crippen LogP contribution in [0.3, 0.4) is 0 Å². The SMILES string of the molecule is CCC[C@@H](Nc1nc(N)c(C(N)=O)cc1F)[C@@H](N)CC. The van der Waals surface area contributed by atoms with Crippen molar-refractivity contribution in [3.63, 3.8) is 0 Å². The fourth-order valence-electron chi connectivity index (χ4n) is 1.97. The molecule has 7 N–H and O–H groups in total. The van der Waals surface area contributed by atoms with E-state index in [2.05, 4.69) is 10.3 Å². The maximum absolute atomic E-state index is 13.9. The summed E-state index contributed by atoms with van der Waals surface area (Å²) in [5, 5.41) is 2.96. The minimum absolute atomic E-state index is 0.00477. The Kier molecular flexibility index (Phi) is 5.69. The average Bonchev–Trinajstić information content (AvgIpc) is 2.40. The molecule has 6 nitrogen and oxygen atoms in total. The van der Waals surface area contributed by atoms with Crippen LogP contribution in [0, 0.1) is 5.82 Å². The third-order valence-electron chi connectivity index (χ3n) is 3.18. The van der Waals surface area contributed by atoms with Gasteiger partial charge in [-0.3, -0.25) is 4.79 Å². The molecule has 0 aliphatic heterocycles. The Morgan fingerprint density at radius 2 is 2.15 bits per heavy atom. The van der Waals surface area contributed by atoms with Crippen LogP contribution in [0.1, 0.15) is 43.5 Å². The number of aromatic nitrogens is 1. The Morgan fingerprint density at radius 1 is 1.50 bits per heavy atom. The summed E-state index contributed by atoms with van der Waals surface area (Å²) in [6.07, 6.45) is 2.45. The number of pyridine rings is 1. The van der Waals surface area contributed by atoms with E-state index in [4.69, 9.17) is 17.2 Å². The van der Waals surface area contributed by atoms with Crippen LogP contribution in [-0.4, -0.2) is 23.0 Å². The summed E-state index contributed by atoms with van der Waals surface area (Å²) in [6.45, 7) is 3.98. The summed E-state index contributed by atoms with van der Waals surface area (Å²) in [5.41, 5.74) is 16.6. The lowest BCUT2D eigenvalue weighted by molar-refractivity contribution is 0.100. The molecule has 0 spiro atoms. The lowest BCUT2D eigenvalue weighted by Crippen LogP contribution is -2.40. The van der Waals surface area contributed by atoms with Gasteiger partial charge < -0.3 is 22.5 Å². The van der Waals surface area contributed by atoms with E-state index in [0.717, 1.165) is 25.3 Å². The van der Waals surface area contributed by atoms with Gasteiger partial charge in [-0.15, -0.1) is 0 Å². The fourth-order valence-corrected chi connectivity index (χ4v) is 1.97. The molecule has 0 aliphatic rings. The Labute approximate surface area is 117 Å². The van der Waals surface area contributed by atoms with Crippen molar-refractivity contribution in [2.75, 3.05) is 11.1 Å². The van der Waals surface area contributed by atoms with Crippen molar-refractivity contribution < 1.29 is 9.18 Å². The first-order valence-electron chi connectivity index (χ1n) is 6.68. The Balaban J connectivity index is 3.01. The minimum atomic E-state index is -0.809. The highest BCUT2D eigenvalue weighted by Crippen LogP contribution is 2.20. The molecule has 1 amide bonds. The first-order valence-corrected chi connectivity index (χ1v) is 6.68. The average molecular weight is 283 g/mol. The van der Waals surface area contributed by atoms with Crippen LogP contribution in [0.15, 0.2) is 6.07 Å². The smallest absolute Gasteiger partial charge is 0.252 e. The number of amides is 1. The van der Waals surface area contributed by atoms with Gasteiger partial charge in [-0.1, -0.05) is 20.3 Å². The van der Waals surface area contributed by atoms with Gasteiger partial charge in [-0.2, -0.15) is 0 Å². The largest absolute Gasteiger partial charge is 0.383 e. The van der Waals surface area contributed by atoms with Gasteiger partial charge >= 0.3 is 0 Å². The van der Waals surface area contributed by atoms with Crippen molar-refractivity contribution in [3.8, 4) is 0 Å². The standard InChI is InChI=1S/C13H22FN5O/c1-3-5-10(9(15)4-2)18-13-8(14)6-7(12(17)20)11(16)19-13/h6,9-10H,3-5,15H2,1-2H3,(H2,17,20)(H3,16,18,19)/t9-,10+/m0/s1. The molecule has 20 heavy (non-hydrogen) atoms. The summed E-state index contributed by atoms with van der Waals surface area (Å²) in [7, 11) is 0. The van der Waals surface area contributed by atoms with Crippen molar-refractivity contribution in [1.29, 1.82) is 0 Å². The molecule has 7 heteroatoms. The van der Waals surface area contributed by atoms with Crippen molar-refractivity contribution in [1.82, 2.24) is 4.98 Å². The normalized spacial score (nSPS) is 13.8. The number of primary amides is 1. The molecule has 2 atom stereocenters. The number of carbonyl (C=O) groups is 1. The van der Waals surface area contributed by atoms with E-state index in [9.17, 15) is 9.18 Å². The molecule has 0 aromatic carbocycles. The third kappa shape index (κ3) is 3.80. The predicted octanol–water partition coefficient (Wildman–Crippen LogP) is 1.22. The van der Waals surface area contributed by atoms with Gasteiger partial charge in [0, 0.05) is 12.1 Å². The third-order valence-corrected chi connectivity index (χ3v) is 3.18. The number of hydrogen-bond donors (Lipinski definition) is 4. The highest BCUT2D eigenvalue weighted by molar-refractivity contribution is 5.97. The maximum atomic E-state index is 13.9. The number of nitrogens with zero attached hydrogens (tertiary/aromatic N) is 1. The van der Waals surface area contributed by atoms with E-state index >= 15 is 0 Å². The summed E-state index contributed by atoms with van der Waals surface area (Å²) >= 11 is 0. The summed E-state index contributed by atoms with van der Waals surface area (Å²) in [5.74, 6) is -1.58. The maximum Gasteiger partial charge on any atom is 0.252 e. The number of nitrogen functional groups attached to an aromatic ring is 1. The predicted molar refractivity (Wildman–Crippen MR) is 77.7 cm³/mol. The van der Waals surface area contributed by atoms with Crippen molar-refractivity contribution >= 4 is 17.5 Å². The minimum Gasteiger partial charge on any atom is -0.383 e. The van der Waals surface area contributed by atoms with Crippen LogP contribution >= 0.6 is 0 Å². The van der Waals surface area contributed by atoms with Crippen molar-refractivity contribution in [2.24, 2.45) is 11.5 Å². The lowest BCUT2D eigenvalue weighted by Gasteiger charge is -2.24. The van der Waals surface area contributed by atoms with E-state index in [1.807, 2.05) is 13.8 Å². The van der Waals surface area contributed by atoms with Crippen LogP contribution in [0.25, 0.3) is 0 Å². The number of nitrogens with two attached hydrogens (primary N) is 3. The van der Waals surface area contributed by atoms with Crippen molar-refractivity contribution in [2.45, 2.75) is 45.2 Å². The summed E-state index contributed by atoms with van der Waals surface area (Å²) in [6, 6.07) is 0.770. The van der Waals surface area contributed by atoms with Crippen LogP contribution in [0.4, 0.5) is 16.0 Å². The van der Waals surface area contributed by atoms with Crippen LogP contribution in [0.2, 0.25) is 0 Å². The number of carbonyl (C=O) groups excluding carboxylic acids is 1. The molecule has 0 radical (unpaired) electrons. The van der Waals surface area contributed by atoms with Crippen LogP contribution < -0.4 is 22.5 Å². The lowest BCUT2D eigenvalue weighted by atomic mass is 10.0. The molecule has 1 heterocycles. The van der Waals surface area contributed by atoms with Gasteiger partial charge in [-0.25, -0.2) is 9.37 Å². The quantitative estimate of drug-likeness (QED) is 0.599. The Morgan fingerprint density at radius 3 is 2.65 bits per heavy atom. The molecular weight excluding hydrogens is 261 g/mol. The Bertz CT molecular complexity index is 480. The monoisotopic (exact) mass is 283 g/mol. The molecule has 0 saturated carbocycles. The highest BCUT2D eigenvalue weighted by Gasteiger charge is 2.19. The number of anilines is 2. The summed E-state index contributed by atoms with van der Waals surface area (Å²) < 4.78 is 13.9. The van der Waals surface area contributed by atoms with Gasteiger partial charge in [0.1, 0.15) is 5.82 Å². The zero-order valence-electron chi connectivity index (χ0n) is 11.8. The second-order valence-electron chi connectivity index (χ2n) is 4.73. The van der Waals surface area contributed by atoms with E-state index in [1.165, 1.54) is 0 Å². The van der Waals surface area contributed by atoms with Gasteiger partial charge in [-0.05, 0) is 18.9 Å². The fraction of sp³-hybridized carbons (Fsp3) is 0.538. The molecular formula is C13H22FN5O. The molecule has 0 unspecified atom stereocenters. The zero-order chi connectivity index (χ0) is 15.3. The van der Waals surface area contributed by atoms with E-state index in [0.29, 0.717) is 0 Å². The molecule has 0 saturated heterocycles. The first-order chi connectivity index (χ1) is 9.40. The second kappa shape index (κ2) is 7.04. The summed E-state index contributed by atoms with van der Waals surface area (Å²) in [4.78, 5) is 14.9. The first kappa shape index (κ1) is 16.2. The second-order valence-corrected chi connectivity index (χ2v) is 4.73. The zero-order valence-corrected chi connectivity index (χ0v) is 11.8. The van der Waals surface area contributed by atoms with Gasteiger partial charge in [0.05, 0.1) is 5.56 Å². The molecule has 1 rings (SSSR count). The van der Waals surface area contributed by atoms with Crippen LogP contribution in [-0.2, 0) is 0 Å². The van der Waals surface area contributed by atoms with E-state index in [1.54, 1.807) is 0 Å². The van der Waals surface area contributed by atoms with E-state index < -0.39 is 11.7 Å². The molecule has 1 aromatic heterocycles. The van der Waals surface area contributed by atoms with Gasteiger partial charge in [0.25, 0.3) is 5.91 Å². The number of rotatable bonds is 7. The number of nitrogens with one attached hydrogen (secondary N) is 1. The molecule has 0 aliphatic carbocycles. The Hall–Kier alpha value is -1.89. The molecule has 0 fully saturated rings. The van der Waals surface area contributed by atoms with E-state index in [-0.39, 0.29) is 29.3 Å². The van der Waals surface area contributed by atoms with Crippen LogP contribution in [0.5, 0.6) is 0 Å². The molecule has 112 valence electrons. The molecule has 1 aromatic rings.